The molecule has 0 saturated heterocycles. The van der Waals surface area contributed by atoms with Gasteiger partial charge >= 0.3 is 0 Å². The minimum absolute atomic E-state index is 0.456. The van der Waals surface area contributed by atoms with Crippen molar-refractivity contribution in [1.82, 2.24) is 19.4 Å². The molecule has 5 rings (SSSR count). The number of fused-ring (bicyclic) bond motifs is 1. The van der Waals surface area contributed by atoms with Crippen LogP contribution in [0.1, 0.15) is 37.1 Å². The number of anilines is 1. The lowest BCUT2D eigenvalue weighted by atomic mass is 10.2. The Balaban J connectivity index is 1.51. The van der Waals surface area contributed by atoms with E-state index in [2.05, 4.69) is 27.1 Å². The summed E-state index contributed by atoms with van der Waals surface area (Å²) < 4.78 is 7.96. The second kappa shape index (κ2) is 7.20. The first-order chi connectivity index (χ1) is 13.9. The maximum atomic E-state index is 5.98. The second-order valence-corrected chi connectivity index (χ2v) is 6.85. The van der Waals surface area contributed by atoms with Crippen molar-refractivity contribution < 1.29 is 4.42 Å². The lowest BCUT2D eigenvalue weighted by Gasteiger charge is -2.13. The Morgan fingerprint density at radius 2 is 1.89 bits per heavy atom. The second-order valence-electron chi connectivity index (χ2n) is 6.85. The Labute approximate surface area is 162 Å². The van der Waals surface area contributed by atoms with Crippen LogP contribution in [0.5, 0.6) is 0 Å². The third kappa shape index (κ3) is 3.23. The van der Waals surface area contributed by atoms with Crippen LogP contribution in [-0.4, -0.2) is 25.4 Å². The van der Waals surface area contributed by atoms with Gasteiger partial charge in [0.05, 0.1) is 0 Å². The van der Waals surface area contributed by atoms with Crippen molar-refractivity contribution in [3.63, 3.8) is 0 Å². The van der Waals surface area contributed by atoms with Crippen LogP contribution in [0, 0.1) is 11.8 Å². The molecular weight excluding hydrogens is 350 g/mol. The predicted molar refractivity (Wildman–Crippen MR) is 107 cm³/mol. The number of hydrogen-bond donors (Lipinski definition) is 1. The lowest BCUT2D eigenvalue weighted by Crippen LogP contribution is -2.16. The molecule has 1 aliphatic rings. The molecule has 138 valence electrons. The fourth-order valence-electron chi connectivity index (χ4n) is 3.56. The molecule has 1 fully saturated rings. The maximum absolute atomic E-state index is 5.98. The normalized spacial score (nSPS) is 14.1. The molecule has 0 atom stereocenters. The molecule has 6 heteroatoms. The van der Waals surface area contributed by atoms with Crippen molar-refractivity contribution in [3.05, 3.63) is 66.4 Å². The number of rotatable bonds is 3. The summed E-state index contributed by atoms with van der Waals surface area (Å²) in [6, 6.07) is 11.8. The molecule has 1 aliphatic carbocycles. The molecule has 4 aromatic heterocycles. The Kier molecular flexibility index (Phi) is 4.26. The van der Waals surface area contributed by atoms with Gasteiger partial charge in [0.2, 0.25) is 5.78 Å². The molecule has 0 radical (unpaired) electrons. The van der Waals surface area contributed by atoms with E-state index in [0.717, 1.165) is 11.5 Å². The summed E-state index contributed by atoms with van der Waals surface area (Å²) in [5.41, 5.74) is 1.47. The highest BCUT2D eigenvalue weighted by Gasteiger charge is 2.22. The van der Waals surface area contributed by atoms with Crippen LogP contribution in [0.25, 0.3) is 17.2 Å². The van der Waals surface area contributed by atoms with E-state index in [4.69, 9.17) is 9.40 Å². The van der Waals surface area contributed by atoms with E-state index >= 15 is 0 Å². The van der Waals surface area contributed by atoms with Gasteiger partial charge in [-0.25, -0.2) is 15.0 Å². The Hall–Kier alpha value is -3.59. The molecule has 0 unspecified atom stereocenters. The van der Waals surface area contributed by atoms with Crippen LogP contribution in [0.3, 0.4) is 0 Å². The number of pyridine rings is 1. The summed E-state index contributed by atoms with van der Waals surface area (Å²) >= 11 is 0. The summed E-state index contributed by atoms with van der Waals surface area (Å²) in [7, 11) is 0. The molecule has 28 heavy (non-hydrogen) atoms. The molecular formula is C22H19N5O. The van der Waals surface area contributed by atoms with Crippen LogP contribution in [0.2, 0.25) is 0 Å². The first-order valence-electron chi connectivity index (χ1n) is 9.50. The number of nitrogens with zero attached hydrogens (tertiary/aromatic N) is 4. The minimum atomic E-state index is 0.456. The van der Waals surface area contributed by atoms with Gasteiger partial charge in [-0.3, -0.25) is 4.40 Å². The summed E-state index contributed by atoms with van der Waals surface area (Å²) in [5.74, 6) is 8.88. The third-order valence-electron chi connectivity index (χ3n) is 4.92. The zero-order valence-electron chi connectivity index (χ0n) is 15.3. The van der Waals surface area contributed by atoms with Crippen LogP contribution in [0.4, 0.5) is 5.82 Å². The number of furan rings is 1. The fourth-order valence-corrected chi connectivity index (χ4v) is 3.56. The third-order valence-corrected chi connectivity index (χ3v) is 4.92. The van der Waals surface area contributed by atoms with Crippen molar-refractivity contribution in [3.8, 4) is 23.3 Å². The van der Waals surface area contributed by atoms with Crippen molar-refractivity contribution in [1.29, 1.82) is 0 Å². The Morgan fingerprint density at radius 3 is 2.75 bits per heavy atom. The van der Waals surface area contributed by atoms with Gasteiger partial charge in [-0.2, -0.15) is 0 Å². The predicted octanol–water partition coefficient (Wildman–Crippen LogP) is 4.14. The van der Waals surface area contributed by atoms with Crippen LogP contribution < -0.4 is 5.32 Å². The Bertz CT molecular complexity index is 1160. The summed E-state index contributed by atoms with van der Waals surface area (Å²) in [6.45, 7) is 0. The van der Waals surface area contributed by atoms with Gasteiger partial charge in [-0.15, -0.1) is 0 Å². The van der Waals surface area contributed by atoms with Crippen LogP contribution in [0.15, 0.2) is 59.4 Å². The number of aromatic nitrogens is 4. The quantitative estimate of drug-likeness (QED) is 0.550. The van der Waals surface area contributed by atoms with Crippen molar-refractivity contribution >= 4 is 11.6 Å². The fraction of sp³-hybridized carbons (Fsp3) is 0.227. The first-order valence-corrected chi connectivity index (χ1v) is 9.50. The van der Waals surface area contributed by atoms with Gasteiger partial charge in [0.15, 0.2) is 17.2 Å². The van der Waals surface area contributed by atoms with E-state index in [0.29, 0.717) is 29.0 Å². The highest BCUT2D eigenvalue weighted by molar-refractivity contribution is 5.73. The largest absolute Gasteiger partial charge is 0.446 e. The summed E-state index contributed by atoms with van der Waals surface area (Å²) in [6.07, 6.45) is 10.3. The molecule has 0 aromatic carbocycles. The van der Waals surface area contributed by atoms with E-state index in [1.54, 1.807) is 12.4 Å². The molecule has 0 amide bonds. The highest BCUT2D eigenvalue weighted by atomic mass is 16.3. The maximum Gasteiger partial charge on any atom is 0.236 e. The topological polar surface area (TPSA) is 68.2 Å². The van der Waals surface area contributed by atoms with Gasteiger partial charge in [0, 0.05) is 24.6 Å². The number of imidazole rings is 1. The molecule has 4 aromatic rings. The van der Waals surface area contributed by atoms with Crippen LogP contribution in [-0.2, 0) is 0 Å². The van der Waals surface area contributed by atoms with Crippen molar-refractivity contribution in [2.45, 2.75) is 31.7 Å². The average molecular weight is 369 g/mol. The highest BCUT2D eigenvalue weighted by Crippen LogP contribution is 2.32. The smallest absolute Gasteiger partial charge is 0.236 e. The summed E-state index contributed by atoms with van der Waals surface area (Å²) in [4.78, 5) is 13.3. The van der Waals surface area contributed by atoms with Crippen LogP contribution >= 0.6 is 0 Å². The SMILES string of the molecule is C(#Cc1ccc(-c2nc3ncccn3c2NC2CCCC2)o1)c1ccccn1. The average Bonchev–Trinajstić information content (AvgIpc) is 3.48. The molecule has 6 nitrogen and oxygen atoms in total. The molecule has 1 saturated carbocycles. The standard InChI is InChI=1S/C22H19N5O/c1-2-8-17(7-1)25-21-20(26-22-24-14-5-15-27(21)22)19-12-11-18(28-19)10-9-16-6-3-4-13-23-16/h3-6,11-15,17,25H,1-2,7-8H2. The zero-order chi connectivity index (χ0) is 18.8. The molecule has 1 N–H and O–H groups in total. The summed E-state index contributed by atoms with van der Waals surface area (Å²) in [5, 5.41) is 3.65. The monoisotopic (exact) mass is 369 g/mol. The van der Waals surface area contributed by atoms with Crippen molar-refractivity contribution in [2.24, 2.45) is 0 Å². The van der Waals surface area contributed by atoms with E-state index in [1.807, 2.05) is 47.0 Å². The van der Waals surface area contributed by atoms with Gasteiger partial charge in [0.25, 0.3) is 0 Å². The van der Waals surface area contributed by atoms with Crippen molar-refractivity contribution in [2.75, 3.05) is 5.32 Å². The first kappa shape index (κ1) is 16.6. The molecule has 4 heterocycles. The Morgan fingerprint density at radius 1 is 1.00 bits per heavy atom. The van der Waals surface area contributed by atoms with E-state index in [1.165, 1.54) is 25.7 Å². The molecule has 0 bridgehead atoms. The van der Waals surface area contributed by atoms with Gasteiger partial charge in [-0.05, 0) is 55.0 Å². The van der Waals surface area contributed by atoms with E-state index < -0.39 is 0 Å². The minimum Gasteiger partial charge on any atom is -0.446 e. The van der Waals surface area contributed by atoms with E-state index in [-0.39, 0.29) is 0 Å². The van der Waals surface area contributed by atoms with Gasteiger partial charge in [-0.1, -0.05) is 18.9 Å². The molecule has 0 spiro atoms. The van der Waals surface area contributed by atoms with E-state index in [9.17, 15) is 0 Å². The van der Waals surface area contributed by atoms with Gasteiger partial charge in [0.1, 0.15) is 11.5 Å². The van der Waals surface area contributed by atoms with Gasteiger partial charge < -0.3 is 9.73 Å². The molecule has 0 aliphatic heterocycles. The number of hydrogen-bond acceptors (Lipinski definition) is 5. The lowest BCUT2D eigenvalue weighted by molar-refractivity contribution is 0.567. The number of nitrogens with one attached hydrogen (secondary N) is 1. The zero-order valence-corrected chi connectivity index (χ0v) is 15.3.